The third-order valence-electron chi connectivity index (χ3n) is 5.68. The summed E-state index contributed by atoms with van der Waals surface area (Å²) < 4.78 is 23.9. The highest BCUT2D eigenvalue weighted by molar-refractivity contribution is 5.91. The molecule has 1 heterocycles. The summed E-state index contributed by atoms with van der Waals surface area (Å²) in [5.41, 5.74) is 2.26. The van der Waals surface area contributed by atoms with Crippen LogP contribution in [0.25, 0.3) is 10.9 Å². The van der Waals surface area contributed by atoms with Gasteiger partial charge in [-0.1, -0.05) is 44.2 Å². The lowest BCUT2D eigenvalue weighted by Gasteiger charge is -2.23. The predicted molar refractivity (Wildman–Crippen MR) is 125 cm³/mol. The van der Waals surface area contributed by atoms with Gasteiger partial charge < -0.3 is 19.8 Å². The number of alkyl carbamates (subject to hydrolysis) is 1. The van der Waals surface area contributed by atoms with Crippen LogP contribution in [-0.4, -0.2) is 36.0 Å². The quantitative estimate of drug-likeness (QED) is 0.426. The Morgan fingerprint density at radius 3 is 2.50 bits per heavy atom. The summed E-state index contributed by atoms with van der Waals surface area (Å²) in [5.74, 6) is -2.26. The van der Waals surface area contributed by atoms with E-state index in [0.717, 1.165) is 11.1 Å². The number of hydrogen-bond donors (Lipinski definition) is 2. The van der Waals surface area contributed by atoms with E-state index in [4.69, 9.17) is 9.47 Å². The van der Waals surface area contributed by atoms with Crippen molar-refractivity contribution in [2.45, 2.75) is 39.3 Å². The molecule has 2 atom stereocenters. The summed E-state index contributed by atoms with van der Waals surface area (Å²) in [4.78, 5) is 41.0. The second kappa shape index (κ2) is 11.4. The summed E-state index contributed by atoms with van der Waals surface area (Å²) >= 11 is 0. The number of aromatic nitrogens is 1. The minimum atomic E-state index is -0.837. The molecule has 0 spiro atoms. The van der Waals surface area contributed by atoms with Gasteiger partial charge in [0.05, 0.1) is 19.1 Å². The molecule has 8 heteroatoms. The summed E-state index contributed by atoms with van der Waals surface area (Å²) in [7, 11) is 1.26. The molecule has 2 aromatic carbocycles. The lowest BCUT2D eigenvalue weighted by atomic mass is 9.89. The fraction of sp³-hybridized carbons (Fsp3) is 0.346. The van der Waals surface area contributed by atoms with Gasteiger partial charge in [-0.15, -0.1) is 0 Å². The molecule has 1 amide bonds. The highest BCUT2D eigenvalue weighted by atomic mass is 19.1. The molecule has 2 N–H and O–H groups in total. The number of hydrogen-bond acceptors (Lipinski definition) is 5. The second-order valence-corrected chi connectivity index (χ2v) is 8.53. The fourth-order valence-electron chi connectivity index (χ4n) is 3.87. The maximum Gasteiger partial charge on any atom is 0.408 e. The number of H-pyrrole nitrogens is 1. The summed E-state index contributed by atoms with van der Waals surface area (Å²) in [5, 5.41) is 3.27. The van der Waals surface area contributed by atoms with Gasteiger partial charge in [-0.25, -0.2) is 9.18 Å². The smallest absolute Gasteiger partial charge is 0.408 e. The molecule has 0 aliphatic heterocycles. The van der Waals surface area contributed by atoms with Crippen molar-refractivity contribution in [3.8, 4) is 0 Å². The van der Waals surface area contributed by atoms with E-state index >= 15 is 0 Å². The van der Waals surface area contributed by atoms with Crippen molar-refractivity contribution < 1.29 is 28.2 Å². The molecule has 1 unspecified atom stereocenters. The molecule has 0 saturated carbocycles. The number of nitrogens with one attached hydrogen (secondary N) is 2. The second-order valence-electron chi connectivity index (χ2n) is 8.53. The monoisotopic (exact) mass is 468 g/mol. The molecular weight excluding hydrogens is 439 g/mol. The Labute approximate surface area is 197 Å². The number of methoxy groups -OCH3 is 1. The van der Waals surface area contributed by atoms with Gasteiger partial charge in [0.25, 0.3) is 0 Å². The molecule has 0 aliphatic carbocycles. The third kappa shape index (κ3) is 6.43. The van der Waals surface area contributed by atoms with Gasteiger partial charge in [0, 0.05) is 23.5 Å². The Kier molecular flexibility index (Phi) is 8.40. The molecule has 180 valence electrons. The van der Waals surface area contributed by atoms with Gasteiger partial charge in [-0.2, -0.15) is 0 Å². The van der Waals surface area contributed by atoms with E-state index in [9.17, 15) is 18.8 Å². The minimum absolute atomic E-state index is 0.0770. The van der Waals surface area contributed by atoms with E-state index in [2.05, 4.69) is 10.3 Å². The van der Waals surface area contributed by atoms with Crippen LogP contribution in [0.3, 0.4) is 0 Å². The standard InChI is InChI=1S/C26H29FN2O5/c1-16(2)24(29-26(32)34-15-17-7-5-4-6-8-17)23(30)12-18(25(31)33-3)11-19-14-28-22-10-9-20(27)13-21(19)22/h4-10,13-14,16,18,24,28H,11-12,15H2,1-3H3,(H,29,32)/t18?,24-/m0/s1. The van der Waals surface area contributed by atoms with E-state index in [0.29, 0.717) is 10.9 Å². The Morgan fingerprint density at radius 2 is 1.82 bits per heavy atom. The van der Waals surface area contributed by atoms with Crippen LogP contribution >= 0.6 is 0 Å². The van der Waals surface area contributed by atoms with Crippen LogP contribution in [0.1, 0.15) is 31.4 Å². The molecule has 0 aliphatic rings. The van der Waals surface area contributed by atoms with Crippen molar-refractivity contribution in [1.29, 1.82) is 0 Å². The highest BCUT2D eigenvalue weighted by Crippen LogP contribution is 2.25. The number of fused-ring (bicyclic) bond motifs is 1. The van der Waals surface area contributed by atoms with Gasteiger partial charge in [0.15, 0.2) is 5.78 Å². The van der Waals surface area contributed by atoms with Crippen LogP contribution < -0.4 is 5.32 Å². The zero-order valence-corrected chi connectivity index (χ0v) is 19.5. The molecule has 1 aromatic heterocycles. The van der Waals surface area contributed by atoms with Crippen LogP contribution in [-0.2, 0) is 32.1 Å². The summed E-state index contributed by atoms with van der Waals surface area (Å²) in [6.45, 7) is 3.68. The van der Waals surface area contributed by atoms with Crippen molar-refractivity contribution in [3.05, 3.63) is 71.7 Å². The van der Waals surface area contributed by atoms with Gasteiger partial charge in [-0.05, 0) is 41.7 Å². The zero-order chi connectivity index (χ0) is 24.7. The number of benzene rings is 2. The normalized spacial score (nSPS) is 12.9. The van der Waals surface area contributed by atoms with E-state index < -0.39 is 29.8 Å². The molecular formula is C26H29FN2O5. The van der Waals surface area contributed by atoms with Crippen LogP contribution in [0, 0.1) is 17.7 Å². The van der Waals surface area contributed by atoms with Crippen molar-refractivity contribution in [1.82, 2.24) is 10.3 Å². The zero-order valence-electron chi connectivity index (χ0n) is 19.5. The maximum absolute atomic E-state index is 13.7. The Balaban J connectivity index is 1.68. The molecule has 3 rings (SSSR count). The summed E-state index contributed by atoms with van der Waals surface area (Å²) in [6, 6.07) is 12.7. The SMILES string of the molecule is COC(=O)C(CC(=O)[C@@H](NC(=O)OCc1ccccc1)C(C)C)Cc1c[nH]c2ccc(F)cc12. The van der Waals surface area contributed by atoms with E-state index in [1.54, 1.807) is 26.1 Å². The van der Waals surface area contributed by atoms with Crippen LogP contribution in [0.2, 0.25) is 0 Å². The van der Waals surface area contributed by atoms with Gasteiger partial charge >= 0.3 is 12.1 Å². The summed E-state index contributed by atoms with van der Waals surface area (Å²) in [6.07, 6.45) is 1.03. The van der Waals surface area contributed by atoms with Crippen molar-refractivity contribution >= 4 is 28.7 Å². The first-order valence-electron chi connectivity index (χ1n) is 11.1. The molecule has 0 saturated heterocycles. The Morgan fingerprint density at radius 1 is 1.09 bits per heavy atom. The lowest BCUT2D eigenvalue weighted by molar-refractivity contribution is -0.147. The van der Waals surface area contributed by atoms with Crippen molar-refractivity contribution in [2.75, 3.05) is 7.11 Å². The minimum Gasteiger partial charge on any atom is -0.469 e. The molecule has 0 radical (unpaired) electrons. The van der Waals surface area contributed by atoms with E-state index in [1.807, 2.05) is 30.3 Å². The number of aromatic amines is 1. The number of amides is 1. The third-order valence-corrected chi connectivity index (χ3v) is 5.68. The van der Waals surface area contributed by atoms with Crippen LogP contribution in [0.4, 0.5) is 9.18 Å². The maximum atomic E-state index is 13.7. The van der Waals surface area contributed by atoms with Crippen LogP contribution in [0.15, 0.2) is 54.7 Å². The average molecular weight is 469 g/mol. The van der Waals surface area contributed by atoms with Gasteiger partial charge in [-0.3, -0.25) is 9.59 Å². The lowest BCUT2D eigenvalue weighted by Crippen LogP contribution is -2.45. The van der Waals surface area contributed by atoms with Gasteiger partial charge in [0.2, 0.25) is 0 Å². The average Bonchev–Trinajstić information content (AvgIpc) is 3.22. The predicted octanol–water partition coefficient (Wildman–Crippen LogP) is 4.55. The van der Waals surface area contributed by atoms with Crippen molar-refractivity contribution in [3.63, 3.8) is 0 Å². The Bertz CT molecular complexity index is 1140. The number of carbonyl (C=O) groups excluding carboxylic acids is 3. The number of rotatable bonds is 10. The first kappa shape index (κ1) is 25.0. The Hall–Kier alpha value is -3.68. The number of carbonyl (C=O) groups is 3. The van der Waals surface area contributed by atoms with E-state index in [-0.39, 0.29) is 31.1 Å². The molecule has 34 heavy (non-hydrogen) atoms. The number of esters is 1. The fourth-order valence-corrected chi connectivity index (χ4v) is 3.87. The van der Waals surface area contributed by atoms with Crippen molar-refractivity contribution in [2.24, 2.45) is 11.8 Å². The first-order chi connectivity index (χ1) is 16.3. The molecule has 7 nitrogen and oxygen atoms in total. The number of ether oxygens (including phenoxy) is 2. The first-order valence-corrected chi connectivity index (χ1v) is 11.1. The topological polar surface area (TPSA) is 97.5 Å². The molecule has 3 aromatic rings. The van der Waals surface area contributed by atoms with Gasteiger partial charge in [0.1, 0.15) is 12.4 Å². The number of ketones is 1. The highest BCUT2D eigenvalue weighted by Gasteiger charge is 2.31. The molecule has 0 fully saturated rings. The van der Waals surface area contributed by atoms with E-state index in [1.165, 1.54) is 19.2 Å². The largest absolute Gasteiger partial charge is 0.469 e. The number of Topliss-reactive ketones (excluding diaryl/α,β-unsaturated/α-hetero) is 1. The van der Waals surface area contributed by atoms with Crippen LogP contribution in [0.5, 0.6) is 0 Å². The molecule has 0 bridgehead atoms. The number of halogens is 1.